The van der Waals surface area contributed by atoms with Crippen LogP contribution in [0.1, 0.15) is 17.5 Å². The zero-order valence-corrected chi connectivity index (χ0v) is 14.5. The lowest BCUT2D eigenvalue weighted by Gasteiger charge is -2.06. The molecule has 0 saturated carbocycles. The van der Waals surface area contributed by atoms with E-state index in [0.29, 0.717) is 13.2 Å². The van der Waals surface area contributed by atoms with Crippen LogP contribution in [0.15, 0.2) is 42.5 Å². The van der Waals surface area contributed by atoms with E-state index in [-0.39, 0.29) is 0 Å². The minimum Gasteiger partial charge on any atom is -0.497 e. The van der Waals surface area contributed by atoms with Crippen molar-refractivity contribution in [2.45, 2.75) is 6.42 Å². The maximum absolute atomic E-state index is 5.65. The van der Waals surface area contributed by atoms with Gasteiger partial charge in [-0.1, -0.05) is 24.3 Å². The Bertz CT molecular complexity index is 625. The van der Waals surface area contributed by atoms with Crippen LogP contribution in [0.5, 0.6) is 17.2 Å². The maximum atomic E-state index is 5.65. The molecule has 0 N–H and O–H groups in total. The Labute approximate surface area is 143 Å². The van der Waals surface area contributed by atoms with Gasteiger partial charge in [-0.25, -0.2) is 0 Å². The zero-order chi connectivity index (χ0) is 17.2. The van der Waals surface area contributed by atoms with Gasteiger partial charge in [-0.3, -0.25) is 0 Å². The smallest absolute Gasteiger partial charge is 0.123 e. The molecule has 4 nitrogen and oxygen atoms in total. The van der Waals surface area contributed by atoms with E-state index in [1.54, 1.807) is 21.3 Å². The summed E-state index contributed by atoms with van der Waals surface area (Å²) in [6.45, 7) is 1.37. The van der Waals surface area contributed by atoms with Crippen LogP contribution in [-0.2, 0) is 4.74 Å². The Morgan fingerprint density at radius 3 is 1.92 bits per heavy atom. The summed E-state index contributed by atoms with van der Waals surface area (Å²) in [7, 11) is 4.99. The van der Waals surface area contributed by atoms with E-state index in [1.165, 1.54) is 0 Å². The molecular formula is C20H24O4. The molecule has 2 aromatic rings. The molecule has 0 unspecified atom stereocenters. The van der Waals surface area contributed by atoms with Gasteiger partial charge in [0.2, 0.25) is 0 Å². The summed E-state index contributed by atoms with van der Waals surface area (Å²) in [5, 5.41) is 0. The van der Waals surface area contributed by atoms with Crippen molar-refractivity contribution in [3.05, 3.63) is 53.6 Å². The first-order chi connectivity index (χ1) is 11.7. The third kappa shape index (κ3) is 5.63. The molecule has 4 heteroatoms. The van der Waals surface area contributed by atoms with Gasteiger partial charge in [0, 0.05) is 26.2 Å². The number of hydrogen-bond donors (Lipinski definition) is 0. The summed E-state index contributed by atoms with van der Waals surface area (Å²) in [6, 6.07) is 13.8. The van der Waals surface area contributed by atoms with Crippen molar-refractivity contribution in [2.24, 2.45) is 0 Å². The minimum atomic E-state index is 0.659. The highest BCUT2D eigenvalue weighted by molar-refractivity contribution is 5.71. The molecule has 0 spiro atoms. The Hall–Kier alpha value is -2.46. The SMILES string of the molecule is COCCCOc1ccc(/C=C/c2cc(OC)cc(OC)c2)cc1. The molecule has 0 radical (unpaired) electrons. The van der Waals surface area contributed by atoms with Crippen LogP contribution >= 0.6 is 0 Å². The number of rotatable bonds is 9. The normalized spacial score (nSPS) is 10.8. The lowest BCUT2D eigenvalue weighted by atomic mass is 10.1. The van der Waals surface area contributed by atoms with Gasteiger partial charge in [0.1, 0.15) is 17.2 Å². The third-order valence-electron chi connectivity index (χ3n) is 3.48. The van der Waals surface area contributed by atoms with Gasteiger partial charge in [-0.05, 0) is 35.4 Å². The van der Waals surface area contributed by atoms with Gasteiger partial charge < -0.3 is 18.9 Å². The maximum Gasteiger partial charge on any atom is 0.123 e. The van der Waals surface area contributed by atoms with Crippen molar-refractivity contribution in [3.63, 3.8) is 0 Å². The molecule has 0 aromatic heterocycles. The fourth-order valence-electron chi connectivity index (χ4n) is 2.19. The molecule has 0 fully saturated rings. The monoisotopic (exact) mass is 328 g/mol. The fourth-order valence-corrected chi connectivity index (χ4v) is 2.19. The molecule has 24 heavy (non-hydrogen) atoms. The van der Waals surface area contributed by atoms with Crippen molar-refractivity contribution in [1.82, 2.24) is 0 Å². The molecule has 128 valence electrons. The first-order valence-electron chi connectivity index (χ1n) is 7.88. The first kappa shape index (κ1) is 17.9. The quantitative estimate of drug-likeness (QED) is 0.508. The van der Waals surface area contributed by atoms with E-state index in [4.69, 9.17) is 18.9 Å². The highest BCUT2D eigenvalue weighted by Crippen LogP contribution is 2.24. The first-order valence-corrected chi connectivity index (χ1v) is 7.88. The van der Waals surface area contributed by atoms with Crippen LogP contribution in [-0.4, -0.2) is 34.5 Å². The van der Waals surface area contributed by atoms with Crippen LogP contribution in [0.25, 0.3) is 12.2 Å². The molecule has 0 bridgehead atoms. The average molecular weight is 328 g/mol. The van der Waals surface area contributed by atoms with Crippen molar-refractivity contribution in [3.8, 4) is 17.2 Å². The summed E-state index contributed by atoms with van der Waals surface area (Å²) >= 11 is 0. The lowest BCUT2D eigenvalue weighted by molar-refractivity contribution is 0.172. The molecule has 0 heterocycles. The largest absolute Gasteiger partial charge is 0.497 e. The van der Waals surface area contributed by atoms with Crippen LogP contribution < -0.4 is 14.2 Å². The van der Waals surface area contributed by atoms with Gasteiger partial charge in [-0.2, -0.15) is 0 Å². The van der Waals surface area contributed by atoms with Crippen molar-refractivity contribution >= 4 is 12.2 Å². The zero-order valence-electron chi connectivity index (χ0n) is 14.5. The minimum absolute atomic E-state index is 0.659. The molecule has 0 aliphatic rings. The summed E-state index contributed by atoms with van der Waals surface area (Å²) in [6.07, 6.45) is 4.96. The number of methoxy groups -OCH3 is 3. The predicted octanol–water partition coefficient (Wildman–Crippen LogP) is 4.29. The lowest BCUT2D eigenvalue weighted by Crippen LogP contribution is -2.01. The molecule has 0 aliphatic heterocycles. The molecule has 2 rings (SSSR count). The van der Waals surface area contributed by atoms with Crippen molar-refractivity contribution < 1.29 is 18.9 Å². The predicted molar refractivity (Wildman–Crippen MR) is 96.9 cm³/mol. The second kappa shape index (κ2) is 9.63. The highest BCUT2D eigenvalue weighted by Gasteiger charge is 1.99. The topological polar surface area (TPSA) is 36.9 Å². The van der Waals surface area contributed by atoms with Crippen LogP contribution in [0.3, 0.4) is 0 Å². The Balaban J connectivity index is 1.99. The van der Waals surface area contributed by atoms with Crippen molar-refractivity contribution in [2.75, 3.05) is 34.5 Å². The second-order valence-corrected chi connectivity index (χ2v) is 5.24. The van der Waals surface area contributed by atoms with Crippen LogP contribution in [0, 0.1) is 0 Å². The average Bonchev–Trinajstić information content (AvgIpc) is 2.64. The van der Waals surface area contributed by atoms with Gasteiger partial charge in [0.15, 0.2) is 0 Å². The summed E-state index contributed by atoms with van der Waals surface area (Å²) < 4.78 is 21.2. The van der Waals surface area contributed by atoms with Crippen molar-refractivity contribution in [1.29, 1.82) is 0 Å². The molecule has 0 saturated heterocycles. The molecule has 2 aromatic carbocycles. The number of benzene rings is 2. The fraction of sp³-hybridized carbons (Fsp3) is 0.300. The van der Waals surface area contributed by atoms with Gasteiger partial charge in [-0.15, -0.1) is 0 Å². The number of ether oxygens (including phenoxy) is 4. The Morgan fingerprint density at radius 1 is 0.708 bits per heavy atom. The summed E-state index contributed by atoms with van der Waals surface area (Å²) in [5.74, 6) is 2.41. The Morgan fingerprint density at radius 2 is 1.33 bits per heavy atom. The molecular weight excluding hydrogens is 304 g/mol. The van der Waals surface area contributed by atoms with E-state index in [1.807, 2.05) is 54.6 Å². The number of hydrogen-bond acceptors (Lipinski definition) is 4. The third-order valence-corrected chi connectivity index (χ3v) is 3.48. The van der Waals surface area contributed by atoms with E-state index in [2.05, 4.69) is 0 Å². The van der Waals surface area contributed by atoms with E-state index < -0.39 is 0 Å². The molecule has 0 aliphatic carbocycles. The van der Waals surface area contributed by atoms with Crippen LogP contribution in [0.4, 0.5) is 0 Å². The summed E-state index contributed by atoms with van der Waals surface area (Å²) in [4.78, 5) is 0. The van der Waals surface area contributed by atoms with E-state index >= 15 is 0 Å². The summed E-state index contributed by atoms with van der Waals surface area (Å²) in [5.41, 5.74) is 2.12. The van der Waals surface area contributed by atoms with Crippen LogP contribution in [0.2, 0.25) is 0 Å². The van der Waals surface area contributed by atoms with Gasteiger partial charge >= 0.3 is 0 Å². The highest BCUT2D eigenvalue weighted by atomic mass is 16.5. The standard InChI is InChI=1S/C20H24O4/c1-21-11-4-12-24-18-9-7-16(8-10-18)5-6-17-13-19(22-2)15-20(14-17)23-3/h5-10,13-15H,4,11-12H2,1-3H3/b6-5+. The van der Waals surface area contributed by atoms with Gasteiger partial charge in [0.25, 0.3) is 0 Å². The van der Waals surface area contributed by atoms with Gasteiger partial charge in [0.05, 0.1) is 20.8 Å². The van der Waals surface area contributed by atoms with E-state index in [9.17, 15) is 0 Å². The molecule has 0 atom stereocenters. The second-order valence-electron chi connectivity index (χ2n) is 5.24. The molecule has 0 amide bonds. The van der Waals surface area contributed by atoms with E-state index in [0.717, 1.165) is 34.8 Å². The Kier molecular flexibility index (Phi) is 7.18.